The minimum Gasteiger partial charge on any atom is -0.481 e. The quantitative estimate of drug-likeness (QED) is 0.318. The van der Waals surface area contributed by atoms with Crippen LogP contribution in [0.25, 0.3) is 0 Å². The highest BCUT2D eigenvalue weighted by atomic mass is 16.4. The molecule has 1 aliphatic heterocycles. The van der Waals surface area contributed by atoms with Crippen molar-refractivity contribution in [2.45, 2.75) is 38.6 Å². The number of carboxylic acids is 1. The van der Waals surface area contributed by atoms with E-state index >= 15 is 0 Å². The van der Waals surface area contributed by atoms with E-state index in [1.165, 1.54) is 0 Å². The first-order valence-electron chi connectivity index (χ1n) is 10.5. The number of benzene rings is 2. The molecule has 6 N–H and O–H groups in total. The lowest BCUT2D eigenvalue weighted by atomic mass is 9.99. The molecule has 32 heavy (non-hydrogen) atoms. The van der Waals surface area contributed by atoms with Gasteiger partial charge >= 0.3 is 12.0 Å². The number of aliphatic carboxylic acids is 1. The Morgan fingerprint density at radius 2 is 1.94 bits per heavy atom. The van der Waals surface area contributed by atoms with Gasteiger partial charge in [0.1, 0.15) is 11.9 Å². The van der Waals surface area contributed by atoms with Gasteiger partial charge in [0.2, 0.25) is 5.91 Å². The first kappa shape index (κ1) is 22.8. The molecule has 1 saturated heterocycles. The number of nitrogens with one attached hydrogen (secondary N) is 3. The second kappa shape index (κ2) is 9.95. The van der Waals surface area contributed by atoms with E-state index < -0.39 is 18.0 Å². The van der Waals surface area contributed by atoms with Crippen LogP contribution in [0, 0.1) is 5.41 Å². The van der Waals surface area contributed by atoms with Crippen LogP contribution >= 0.6 is 0 Å². The fraction of sp³-hybridized carbons (Fsp3) is 0.304. The molecule has 0 unspecified atom stereocenters. The van der Waals surface area contributed by atoms with Gasteiger partial charge in [-0.1, -0.05) is 19.1 Å². The van der Waals surface area contributed by atoms with Gasteiger partial charge in [0.05, 0.1) is 0 Å². The number of carbonyl (C=O) groups is 3. The monoisotopic (exact) mass is 437 g/mol. The van der Waals surface area contributed by atoms with Gasteiger partial charge in [-0.2, -0.15) is 0 Å². The summed E-state index contributed by atoms with van der Waals surface area (Å²) < 4.78 is 0. The third kappa shape index (κ3) is 5.23. The number of amidine groups is 1. The Kier molecular flexibility index (Phi) is 7.09. The lowest BCUT2D eigenvalue weighted by Gasteiger charge is -2.18. The summed E-state index contributed by atoms with van der Waals surface area (Å²) in [7, 11) is 0. The molecule has 0 saturated carbocycles. The largest absolute Gasteiger partial charge is 0.481 e. The highest BCUT2D eigenvalue weighted by Crippen LogP contribution is 2.24. The molecule has 0 radical (unpaired) electrons. The summed E-state index contributed by atoms with van der Waals surface area (Å²) in [5.41, 5.74) is 9.10. The van der Waals surface area contributed by atoms with Crippen LogP contribution in [0.2, 0.25) is 0 Å². The molecule has 1 aliphatic rings. The standard InChI is InChI=1S/C23H27N5O4/c1-2-17-14(8-11-20(29)30)4-3-5-18(17)26-23(32)27-19-12-13-28(22(19)31)16-9-6-15(7-10-16)21(24)25/h3-7,9-10,19H,2,8,11-13H2,1H3,(H3,24,25)(H,29,30)(H2,26,27,32)/t19-/m0/s1. The Balaban J connectivity index is 1.64. The number of amides is 3. The Morgan fingerprint density at radius 3 is 2.56 bits per heavy atom. The van der Waals surface area contributed by atoms with Crippen molar-refractivity contribution in [1.29, 1.82) is 5.41 Å². The van der Waals surface area contributed by atoms with Crippen molar-refractivity contribution in [1.82, 2.24) is 5.32 Å². The summed E-state index contributed by atoms with van der Waals surface area (Å²) in [4.78, 5) is 37.9. The SMILES string of the molecule is CCc1c(CCC(=O)O)cccc1NC(=O)N[C@H]1CCN(c2ccc(C(=N)N)cc2)C1=O. The molecule has 0 aromatic heterocycles. The second-order valence-electron chi connectivity index (χ2n) is 7.58. The maximum Gasteiger partial charge on any atom is 0.319 e. The van der Waals surface area contributed by atoms with Crippen LogP contribution in [0.15, 0.2) is 42.5 Å². The zero-order valence-electron chi connectivity index (χ0n) is 17.9. The molecule has 3 rings (SSSR count). The van der Waals surface area contributed by atoms with Crippen molar-refractivity contribution in [3.05, 3.63) is 59.2 Å². The number of aryl methyl sites for hydroxylation is 1. The van der Waals surface area contributed by atoms with E-state index in [1.54, 1.807) is 41.3 Å². The molecule has 2 aromatic rings. The van der Waals surface area contributed by atoms with Gasteiger partial charge in [0.25, 0.3) is 0 Å². The van der Waals surface area contributed by atoms with E-state index in [-0.39, 0.29) is 18.2 Å². The van der Waals surface area contributed by atoms with Gasteiger partial charge in [0.15, 0.2) is 0 Å². The van der Waals surface area contributed by atoms with Crippen LogP contribution in [0.3, 0.4) is 0 Å². The molecule has 1 atom stereocenters. The maximum absolute atomic E-state index is 12.8. The predicted octanol–water partition coefficient (Wildman–Crippen LogP) is 2.48. The Bertz CT molecular complexity index is 1040. The molecule has 1 heterocycles. The molecule has 3 amide bonds. The molecule has 0 spiro atoms. The first-order chi connectivity index (χ1) is 15.3. The molecule has 0 aliphatic carbocycles. The van der Waals surface area contributed by atoms with E-state index in [0.29, 0.717) is 42.7 Å². The van der Waals surface area contributed by atoms with Gasteiger partial charge in [-0.3, -0.25) is 15.0 Å². The van der Waals surface area contributed by atoms with Crippen molar-refractivity contribution in [3.63, 3.8) is 0 Å². The van der Waals surface area contributed by atoms with Crippen LogP contribution in [-0.2, 0) is 22.4 Å². The number of carboxylic acid groups (broad SMARTS) is 1. The highest BCUT2D eigenvalue weighted by molar-refractivity contribution is 6.03. The van der Waals surface area contributed by atoms with Crippen LogP contribution in [0.1, 0.15) is 36.5 Å². The molecular weight excluding hydrogens is 410 g/mol. The lowest BCUT2D eigenvalue weighted by molar-refractivity contribution is -0.137. The number of nitrogens with zero attached hydrogens (tertiary/aromatic N) is 1. The van der Waals surface area contributed by atoms with Crippen molar-refractivity contribution < 1.29 is 19.5 Å². The summed E-state index contributed by atoms with van der Waals surface area (Å²) in [6.07, 6.45) is 1.51. The van der Waals surface area contributed by atoms with Crippen molar-refractivity contribution in [2.24, 2.45) is 5.73 Å². The molecule has 0 bridgehead atoms. The van der Waals surface area contributed by atoms with E-state index in [9.17, 15) is 14.4 Å². The summed E-state index contributed by atoms with van der Waals surface area (Å²) in [5.74, 6) is -1.12. The third-order valence-corrected chi connectivity index (χ3v) is 5.48. The van der Waals surface area contributed by atoms with Crippen LogP contribution in [-0.4, -0.2) is 41.4 Å². The number of urea groups is 1. The lowest BCUT2D eigenvalue weighted by Crippen LogP contribution is -2.43. The van der Waals surface area contributed by atoms with Crippen molar-refractivity contribution in [3.8, 4) is 0 Å². The topological polar surface area (TPSA) is 149 Å². The zero-order valence-corrected chi connectivity index (χ0v) is 17.9. The van der Waals surface area contributed by atoms with Crippen LogP contribution in [0.4, 0.5) is 16.2 Å². The Hall–Kier alpha value is -3.88. The number of hydrogen-bond donors (Lipinski definition) is 5. The van der Waals surface area contributed by atoms with Gasteiger partial charge in [-0.05, 0) is 60.7 Å². The van der Waals surface area contributed by atoms with E-state index in [2.05, 4.69) is 10.6 Å². The van der Waals surface area contributed by atoms with Crippen LogP contribution < -0.4 is 21.3 Å². The minimum atomic E-state index is -0.872. The summed E-state index contributed by atoms with van der Waals surface area (Å²) in [5, 5.41) is 21.9. The number of rotatable bonds is 8. The molecule has 9 heteroatoms. The Morgan fingerprint density at radius 1 is 1.22 bits per heavy atom. The average Bonchev–Trinajstić information content (AvgIpc) is 3.12. The van der Waals surface area contributed by atoms with Crippen molar-refractivity contribution in [2.75, 3.05) is 16.8 Å². The average molecular weight is 438 g/mol. The van der Waals surface area contributed by atoms with E-state index in [1.807, 2.05) is 13.0 Å². The summed E-state index contributed by atoms with van der Waals surface area (Å²) in [6, 6.07) is 11.1. The third-order valence-electron chi connectivity index (χ3n) is 5.48. The van der Waals surface area contributed by atoms with E-state index in [0.717, 1.165) is 11.1 Å². The second-order valence-corrected chi connectivity index (χ2v) is 7.58. The number of carbonyl (C=O) groups excluding carboxylic acids is 2. The molecule has 168 valence electrons. The Labute approximate surface area is 186 Å². The maximum atomic E-state index is 12.8. The number of nitrogens with two attached hydrogens (primary N) is 1. The molecule has 9 nitrogen and oxygen atoms in total. The van der Waals surface area contributed by atoms with E-state index in [4.69, 9.17) is 16.2 Å². The van der Waals surface area contributed by atoms with Gasteiger partial charge in [0, 0.05) is 29.9 Å². The highest BCUT2D eigenvalue weighted by Gasteiger charge is 2.33. The molecule has 2 aromatic carbocycles. The first-order valence-corrected chi connectivity index (χ1v) is 10.5. The summed E-state index contributed by atoms with van der Waals surface area (Å²) in [6.45, 7) is 2.41. The van der Waals surface area contributed by atoms with Gasteiger partial charge in [-0.15, -0.1) is 0 Å². The predicted molar refractivity (Wildman–Crippen MR) is 122 cm³/mol. The fourth-order valence-electron chi connectivity index (χ4n) is 3.85. The van der Waals surface area contributed by atoms with Gasteiger partial charge < -0.3 is 26.4 Å². The fourth-order valence-corrected chi connectivity index (χ4v) is 3.85. The smallest absolute Gasteiger partial charge is 0.319 e. The van der Waals surface area contributed by atoms with Crippen molar-refractivity contribution >= 4 is 35.1 Å². The zero-order chi connectivity index (χ0) is 23.3. The summed E-state index contributed by atoms with van der Waals surface area (Å²) >= 11 is 0. The molecular formula is C23H27N5O4. The normalized spacial score (nSPS) is 15.5. The molecule has 1 fully saturated rings. The minimum absolute atomic E-state index is 0.0163. The number of hydrogen-bond acceptors (Lipinski definition) is 4. The number of nitrogen functional groups attached to an aromatic ring is 1. The van der Waals surface area contributed by atoms with Crippen LogP contribution in [0.5, 0.6) is 0 Å². The number of anilines is 2. The van der Waals surface area contributed by atoms with Gasteiger partial charge in [-0.25, -0.2) is 4.79 Å².